The van der Waals surface area contributed by atoms with Crippen molar-refractivity contribution in [3.05, 3.63) is 47.9 Å². The second kappa shape index (κ2) is 9.43. The van der Waals surface area contributed by atoms with E-state index in [4.69, 9.17) is 4.74 Å². The van der Waals surface area contributed by atoms with Crippen molar-refractivity contribution in [2.24, 2.45) is 0 Å². The van der Waals surface area contributed by atoms with Crippen LogP contribution in [0.5, 0.6) is 0 Å². The fourth-order valence-electron chi connectivity index (χ4n) is 2.85. The zero-order valence-corrected chi connectivity index (χ0v) is 14.3. The van der Waals surface area contributed by atoms with Crippen molar-refractivity contribution in [2.45, 2.75) is 38.2 Å². The molecule has 8 heteroatoms. The van der Waals surface area contributed by atoms with Crippen LogP contribution in [0.2, 0.25) is 0 Å². The van der Waals surface area contributed by atoms with Gasteiger partial charge in [-0.25, -0.2) is 9.18 Å². The van der Waals surface area contributed by atoms with Crippen LogP contribution in [0.4, 0.5) is 9.18 Å². The van der Waals surface area contributed by atoms with Gasteiger partial charge in [0, 0.05) is 6.54 Å². The molecule has 0 spiro atoms. The lowest BCUT2D eigenvalue weighted by Gasteiger charge is -2.31. The fraction of sp³-hybridized carbons (Fsp3) is 0.471. The number of nitrogens with one attached hydrogen (secondary N) is 1. The highest BCUT2D eigenvalue weighted by Gasteiger charge is 2.28. The summed E-state index contributed by atoms with van der Waals surface area (Å²) in [6.45, 7) is 3.47. The maximum atomic E-state index is 12.9. The highest BCUT2D eigenvalue weighted by molar-refractivity contribution is 6.43. The molecule has 0 unspecified atom stereocenters. The highest BCUT2D eigenvalue weighted by atomic mass is 19.1. The molecular formula is C17H24BFN2O4. The monoisotopic (exact) mass is 350 g/mol. The van der Waals surface area contributed by atoms with E-state index in [9.17, 15) is 19.2 Å². The number of hydrogen-bond acceptors (Lipinski definition) is 5. The Labute approximate surface area is 147 Å². The van der Waals surface area contributed by atoms with Crippen molar-refractivity contribution >= 4 is 13.2 Å². The van der Waals surface area contributed by atoms with Gasteiger partial charge >= 0.3 is 13.2 Å². The molecule has 1 saturated heterocycles. The zero-order valence-electron chi connectivity index (χ0n) is 14.3. The lowest BCUT2D eigenvalue weighted by Crippen LogP contribution is -2.49. The molecule has 0 aromatic heterocycles. The molecule has 1 aromatic carbocycles. The van der Waals surface area contributed by atoms with Crippen LogP contribution in [0.3, 0.4) is 0 Å². The van der Waals surface area contributed by atoms with Gasteiger partial charge in [0.2, 0.25) is 0 Å². The molecule has 1 aliphatic rings. The Morgan fingerprint density at radius 2 is 2.20 bits per heavy atom. The van der Waals surface area contributed by atoms with Crippen LogP contribution >= 0.6 is 0 Å². The number of halogens is 1. The molecular weight excluding hydrogens is 326 g/mol. The van der Waals surface area contributed by atoms with E-state index in [-0.39, 0.29) is 18.3 Å². The van der Waals surface area contributed by atoms with Crippen LogP contribution in [0.25, 0.3) is 0 Å². The number of nitrogens with zero attached hydrogens (tertiary/aromatic N) is 1. The Hall–Kier alpha value is -2.06. The third-order valence-corrected chi connectivity index (χ3v) is 4.08. The molecule has 0 aliphatic carbocycles. The second-order valence-corrected chi connectivity index (χ2v) is 6.14. The third-order valence-electron chi connectivity index (χ3n) is 4.08. The zero-order chi connectivity index (χ0) is 18.2. The summed E-state index contributed by atoms with van der Waals surface area (Å²) in [7, 11) is -1.75. The van der Waals surface area contributed by atoms with Gasteiger partial charge in [-0.15, -0.1) is 0 Å². The highest BCUT2D eigenvalue weighted by Crippen LogP contribution is 2.14. The van der Waals surface area contributed by atoms with Crippen molar-refractivity contribution in [3.8, 4) is 0 Å². The Bertz CT molecular complexity index is 583. The molecule has 2 atom stereocenters. The summed E-state index contributed by atoms with van der Waals surface area (Å²) in [5.74, 6) is -1.31. The quantitative estimate of drug-likeness (QED) is 0.677. The SMILES string of the molecule is CC=CN1CCC[C@H](OC(=O)N[C@@H](Cc2ccc(F)cc2)B(O)O)C1. The van der Waals surface area contributed by atoms with Gasteiger partial charge < -0.3 is 25.0 Å². The molecule has 6 nitrogen and oxygen atoms in total. The molecule has 1 heterocycles. The van der Waals surface area contributed by atoms with Crippen molar-refractivity contribution < 1.29 is 24.0 Å². The smallest absolute Gasteiger partial charge is 0.444 e. The summed E-state index contributed by atoms with van der Waals surface area (Å²) in [4.78, 5) is 14.2. The summed E-state index contributed by atoms with van der Waals surface area (Å²) in [6, 6.07) is 5.64. The minimum absolute atomic E-state index is 0.155. The minimum Gasteiger partial charge on any atom is -0.444 e. The number of alkyl carbamates (subject to hydrolysis) is 1. The van der Waals surface area contributed by atoms with Crippen LogP contribution in [0.15, 0.2) is 36.5 Å². The summed E-state index contributed by atoms with van der Waals surface area (Å²) in [5, 5.41) is 21.5. The first-order chi connectivity index (χ1) is 12.0. The Balaban J connectivity index is 1.88. The first-order valence-corrected chi connectivity index (χ1v) is 8.42. The number of allylic oxidation sites excluding steroid dienone is 1. The summed E-state index contributed by atoms with van der Waals surface area (Å²) >= 11 is 0. The molecule has 2 rings (SSSR count). The van der Waals surface area contributed by atoms with E-state index in [2.05, 4.69) is 10.2 Å². The summed E-state index contributed by atoms with van der Waals surface area (Å²) in [5.41, 5.74) is 0.678. The largest absolute Gasteiger partial charge is 0.475 e. The number of likely N-dealkylation sites (tertiary alicyclic amines) is 1. The molecule has 1 amide bonds. The maximum absolute atomic E-state index is 12.9. The Kier molecular flexibility index (Phi) is 7.27. The standard InChI is InChI=1S/C17H24BFN2O4/c1-2-9-21-10-3-4-15(12-21)25-17(22)20-16(18(23)24)11-13-5-7-14(19)8-6-13/h2,5-9,15-16,23-24H,3-4,10-12H2,1H3,(H,20,22)/t15-,16-/m0/s1. The van der Waals surface area contributed by atoms with Crippen LogP contribution in [-0.4, -0.2) is 53.3 Å². The summed E-state index contributed by atoms with van der Waals surface area (Å²) < 4.78 is 18.3. The minimum atomic E-state index is -1.75. The van der Waals surface area contributed by atoms with Gasteiger partial charge in [-0.2, -0.15) is 0 Å². The Morgan fingerprint density at radius 3 is 2.84 bits per heavy atom. The van der Waals surface area contributed by atoms with Gasteiger partial charge in [0.25, 0.3) is 0 Å². The molecule has 0 saturated carbocycles. The van der Waals surface area contributed by atoms with Gasteiger partial charge in [0.15, 0.2) is 0 Å². The first kappa shape index (κ1) is 19.3. The van der Waals surface area contributed by atoms with Gasteiger partial charge in [-0.05, 0) is 50.1 Å². The number of amides is 1. The number of benzene rings is 1. The van der Waals surface area contributed by atoms with Crippen LogP contribution in [0, 0.1) is 5.82 Å². The van der Waals surface area contributed by atoms with E-state index in [1.807, 2.05) is 19.2 Å². The number of ether oxygens (including phenoxy) is 1. The molecule has 136 valence electrons. The van der Waals surface area contributed by atoms with Gasteiger partial charge in [0.05, 0.1) is 12.5 Å². The summed E-state index contributed by atoms with van der Waals surface area (Å²) in [6.07, 6.45) is 4.81. The van der Waals surface area contributed by atoms with Gasteiger partial charge in [0.1, 0.15) is 11.9 Å². The van der Waals surface area contributed by atoms with E-state index in [0.717, 1.165) is 19.4 Å². The second-order valence-electron chi connectivity index (χ2n) is 6.14. The van der Waals surface area contributed by atoms with E-state index in [0.29, 0.717) is 12.1 Å². The fourth-order valence-corrected chi connectivity index (χ4v) is 2.85. The van der Waals surface area contributed by atoms with Crippen molar-refractivity contribution in [1.82, 2.24) is 10.2 Å². The molecule has 25 heavy (non-hydrogen) atoms. The maximum Gasteiger partial charge on any atom is 0.475 e. The molecule has 1 aliphatic heterocycles. The van der Waals surface area contributed by atoms with Crippen LogP contribution in [0.1, 0.15) is 25.3 Å². The number of carbonyl (C=O) groups is 1. The number of rotatable bonds is 6. The average molecular weight is 350 g/mol. The normalized spacial score (nSPS) is 18.9. The molecule has 1 fully saturated rings. The van der Waals surface area contributed by atoms with Gasteiger partial charge in [-0.3, -0.25) is 0 Å². The Morgan fingerprint density at radius 1 is 1.48 bits per heavy atom. The predicted octanol–water partition coefficient (Wildman–Crippen LogP) is 1.47. The van der Waals surface area contributed by atoms with Crippen LogP contribution in [-0.2, 0) is 11.2 Å². The third kappa shape index (κ3) is 6.40. The van der Waals surface area contributed by atoms with Crippen LogP contribution < -0.4 is 5.32 Å². The lowest BCUT2D eigenvalue weighted by atomic mass is 9.76. The van der Waals surface area contributed by atoms with Crippen molar-refractivity contribution in [1.29, 1.82) is 0 Å². The van der Waals surface area contributed by atoms with Crippen molar-refractivity contribution in [2.75, 3.05) is 13.1 Å². The van der Waals surface area contributed by atoms with E-state index in [1.54, 1.807) is 0 Å². The average Bonchev–Trinajstić information content (AvgIpc) is 2.56. The number of piperidine rings is 1. The lowest BCUT2D eigenvalue weighted by molar-refractivity contribution is 0.0552. The van der Waals surface area contributed by atoms with E-state index >= 15 is 0 Å². The number of hydrogen-bond donors (Lipinski definition) is 3. The molecule has 0 radical (unpaired) electrons. The molecule has 1 aromatic rings. The predicted molar refractivity (Wildman–Crippen MR) is 93.1 cm³/mol. The molecule has 0 bridgehead atoms. The van der Waals surface area contributed by atoms with E-state index in [1.165, 1.54) is 24.3 Å². The van der Waals surface area contributed by atoms with Gasteiger partial charge in [-0.1, -0.05) is 18.2 Å². The first-order valence-electron chi connectivity index (χ1n) is 8.42. The topological polar surface area (TPSA) is 82.0 Å². The van der Waals surface area contributed by atoms with Crippen molar-refractivity contribution in [3.63, 3.8) is 0 Å². The molecule has 3 N–H and O–H groups in total. The van der Waals surface area contributed by atoms with E-state index < -0.39 is 19.2 Å². The number of carbonyl (C=O) groups excluding carboxylic acids is 1.